The first kappa shape index (κ1) is 11.0. The van der Waals surface area contributed by atoms with E-state index in [4.69, 9.17) is 9.47 Å². The standard InChI is InChI=1S/C10H21NO2/c1-9(8-12-2)13-7-3-6-11-10-4-5-10/h9-11H,3-8H2,1-2H3. The van der Waals surface area contributed by atoms with Crippen molar-refractivity contribution in [3.05, 3.63) is 0 Å². The lowest BCUT2D eigenvalue weighted by atomic mass is 10.4. The molecule has 1 unspecified atom stereocenters. The molecule has 0 heterocycles. The fourth-order valence-electron chi connectivity index (χ4n) is 1.23. The summed E-state index contributed by atoms with van der Waals surface area (Å²) in [5.74, 6) is 0. The molecule has 1 aliphatic rings. The topological polar surface area (TPSA) is 30.5 Å². The Kier molecular flexibility index (Phi) is 5.35. The van der Waals surface area contributed by atoms with Gasteiger partial charge in [0, 0.05) is 19.8 Å². The van der Waals surface area contributed by atoms with Crippen molar-refractivity contribution in [1.82, 2.24) is 5.32 Å². The second kappa shape index (κ2) is 6.35. The Balaban J connectivity index is 1.76. The van der Waals surface area contributed by atoms with Crippen LogP contribution in [0.25, 0.3) is 0 Å². The highest BCUT2D eigenvalue weighted by Gasteiger charge is 2.19. The van der Waals surface area contributed by atoms with Gasteiger partial charge in [-0.2, -0.15) is 0 Å². The zero-order valence-electron chi connectivity index (χ0n) is 8.71. The average molecular weight is 187 g/mol. The zero-order chi connectivity index (χ0) is 9.52. The van der Waals surface area contributed by atoms with Crippen molar-refractivity contribution < 1.29 is 9.47 Å². The molecule has 3 nitrogen and oxygen atoms in total. The van der Waals surface area contributed by atoms with E-state index >= 15 is 0 Å². The monoisotopic (exact) mass is 187 g/mol. The van der Waals surface area contributed by atoms with Crippen LogP contribution in [0.3, 0.4) is 0 Å². The van der Waals surface area contributed by atoms with E-state index in [1.807, 2.05) is 6.92 Å². The molecule has 0 aromatic rings. The van der Waals surface area contributed by atoms with E-state index in [1.165, 1.54) is 12.8 Å². The van der Waals surface area contributed by atoms with Gasteiger partial charge in [0.1, 0.15) is 0 Å². The van der Waals surface area contributed by atoms with Crippen LogP contribution in [0, 0.1) is 0 Å². The molecule has 0 aliphatic heterocycles. The third kappa shape index (κ3) is 6.02. The molecule has 0 aromatic heterocycles. The van der Waals surface area contributed by atoms with Crippen LogP contribution in [-0.2, 0) is 9.47 Å². The van der Waals surface area contributed by atoms with Crippen LogP contribution >= 0.6 is 0 Å². The normalized spacial score (nSPS) is 18.9. The Morgan fingerprint density at radius 3 is 2.85 bits per heavy atom. The molecule has 0 radical (unpaired) electrons. The predicted octanol–water partition coefficient (Wildman–Crippen LogP) is 1.18. The first-order valence-corrected chi connectivity index (χ1v) is 5.17. The van der Waals surface area contributed by atoms with Crippen LogP contribution in [0.4, 0.5) is 0 Å². The van der Waals surface area contributed by atoms with Crippen molar-refractivity contribution in [3.8, 4) is 0 Å². The van der Waals surface area contributed by atoms with Gasteiger partial charge in [0.05, 0.1) is 12.7 Å². The minimum Gasteiger partial charge on any atom is -0.382 e. The lowest BCUT2D eigenvalue weighted by Crippen LogP contribution is -2.21. The molecule has 13 heavy (non-hydrogen) atoms. The minimum atomic E-state index is 0.228. The smallest absolute Gasteiger partial charge is 0.0780 e. The third-order valence-corrected chi connectivity index (χ3v) is 2.14. The van der Waals surface area contributed by atoms with Crippen molar-refractivity contribution in [2.75, 3.05) is 26.9 Å². The van der Waals surface area contributed by atoms with Gasteiger partial charge in [0.2, 0.25) is 0 Å². The largest absolute Gasteiger partial charge is 0.382 e. The maximum Gasteiger partial charge on any atom is 0.0780 e. The summed E-state index contributed by atoms with van der Waals surface area (Å²) >= 11 is 0. The summed E-state index contributed by atoms with van der Waals surface area (Å²) in [6.45, 7) is 4.66. The summed E-state index contributed by atoms with van der Waals surface area (Å²) in [4.78, 5) is 0. The summed E-state index contributed by atoms with van der Waals surface area (Å²) in [5, 5.41) is 3.45. The van der Waals surface area contributed by atoms with Gasteiger partial charge in [-0.05, 0) is 32.7 Å². The van der Waals surface area contributed by atoms with E-state index in [0.717, 1.165) is 25.6 Å². The van der Waals surface area contributed by atoms with Crippen LogP contribution < -0.4 is 5.32 Å². The average Bonchev–Trinajstić information content (AvgIpc) is 2.88. The molecule has 1 atom stereocenters. The second-order valence-corrected chi connectivity index (χ2v) is 3.72. The quantitative estimate of drug-likeness (QED) is 0.579. The van der Waals surface area contributed by atoms with Gasteiger partial charge in [-0.25, -0.2) is 0 Å². The molecule has 1 N–H and O–H groups in total. The minimum absolute atomic E-state index is 0.228. The van der Waals surface area contributed by atoms with Crippen LogP contribution in [0.1, 0.15) is 26.2 Å². The Morgan fingerprint density at radius 2 is 2.23 bits per heavy atom. The summed E-state index contributed by atoms with van der Waals surface area (Å²) in [7, 11) is 1.70. The zero-order valence-corrected chi connectivity index (χ0v) is 8.71. The van der Waals surface area contributed by atoms with E-state index in [9.17, 15) is 0 Å². The molecule has 0 aromatic carbocycles. The van der Waals surface area contributed by atoms with Crippen LogP contribution in [0.15, 0.2) is 0 Å². The molecule has 3 heteroatoms. The van der Waals surface area contributed by atoms with E-state index in [-0.39, 0.29) is 6.10 Å². The van der Waals surface area contributed by atoms with Crippen molar-refractivity contribution in [3.63, 3.8) is 0 Å². The van der Waals surface area contributed by atoms with E-state index < -0.39 is 0 Å². The lowest BCUT2D eigenvalue weighted by Gasteiger charge is -2.11. The number of ether oxygens (including phenoxy) is 2. The van der Waals surface area contributed by atoms with Crippen LogP contribution in [0.2, 0.25) is 0 Å². The van der Waals surface area contributed by atoms with E-state index in [1.54, 1.807) is 7.11 Å². The molecule has 1 fully saturated rings. The molecule has 0 amide bonds. The van der Waals surface area contributed by atoms with Gasteiger partial charge < -0.3 is 14.8 Å². The van der Waals surface area contributed by atoms with Crippen molar-refractivity contribution >= 4 is 0 Å². The second-order valence-electron chi connectivity index (χ2n) is 3.72. The predicted molar refractivity (Wildman–Crippen MR) is 52.9 cm³/mol. The molecule has 0 spiro atoms. The molecular formula is C10H21NO2. The van der Waals surface area contributed by atoms with E-state index in [0.29, 0.717) is 6.61 Å². The van der Waals surface area contributed by atoms with Gasteiger partial charge in [0.15, 0.2) is 0 Å². The Labute approximate surface area is 80.8 Å². The number of methoxy groups -OCH3 is 1. The number of hydrogen-bond acceptors (Lipinski definition) is 3. The van der Waals surface area contributed by atoms with Crippen LogP contribution in [-0.4, -0.2) is 39.0 Å². The Morgan fingerprint density at radius 1 is 1.46 bits per heavy atom. The third-order valence-electron chi connectivity index (χ3n) is 2.14. The molecule has 78 valence electrons. The molecule has 0 saturated heterocycles. The Bertz CT molecular complexity index is 126. The van der Waals surface area contributed by atoms with Crippen molar-refractivity contribution in [2.24, 2.45) is 0 Å². The SMILES string of the molecule is COCC(C)OCCCNC1CC1. The fraction of sp³-hybridized carbons (Fsp3) is 1.00. The summed E-state index contributed by atoms with van der Waals surface area (Å²) < 4.78 is 10.5. The molecule has 1 rings (SSSR count). The van der Waals surface area contributed by atoms with Gasteiger partial charge in [-0.1, -0.05) is 0 Å². The molecule has 0 bridgehead atoms. The van der Waals surface area contributed by atoms with Crippen molar-refractivity contribution in [1.29, 1.82) is 0 Å². The Hall–Kier alpha value is -0.120. The maximum absolute atomic E-state index is 5.52. The highest BCUT2D eigenvalue weighted by molar-refractivity contribution is 4.80. The first-order chi connectivity index (χ1) is 6.33. The summed E-state index contributed by atoms with van der Waals surface area (Å²) in [5.41, 5.74) is 0. The van der Waals surface area contributed by atoms with Crippen molar-refractivity contribution in [2.45, 2.75) is 38.3 Å². The maximum atomic E-state index is 5.52. The lowest BCUT2D eigenvalue weighted by molar-refractivity contribution is 0.00839. The van der Waals surface area contributed by atoms with Gasteiger partial charge in [-0.15, -0.1) is 0 Å². The number of nitrogens with one attached hydrogen (secondary N) is 1. The van der Waals surface area contributed by atoms with E-state index in [2.05, 4.69) is 5.32 Å². The van der Waals surface area contributed by atoms with Gasteiger partial charge >= 0.3 is 0 Å². The fourth-order valence-corrected chi connectivity index (χ4v) is 1.23. The summed E-state index contributed by atoms with van der Waals surface area (Å²) in [6, 6.07) is 0.816. The first-order valence-electron chi connectivity index (χ1n) is 5.17. The molecule has 1 aliphatic carbocycles. The number of hydrogen-bond donors (Lipinski definition) is 1. The highest BCUT2D eigenvalue weighted by Crippen LogP contribution is 2.18. The molecule has 1 saturated carbocycles. The van der Waals surface area contributed by atoms with Crippen LogP contribution in [0.5, 0.6) is 0 Å². The summed E-state index contributed by atoms with van der Waals surface area (Å²) in [6.07, 6.45) is 4.05. The number of rotatable bonds is 8. The van der Waals surface area contributed by atoms with Gasteiger partial charge in [0.25, 0.3) is 0 Å². The highest BCUT2D eigenvalue weighted by atomic mass is 16.5. The molecular weight excluding hydrogens is 166 g/mol. The van der Waals surface area contributed by atoms with Gasteiger partial charge in [-0.3, -0.25) is 0 Å².